The number of piperidine rings is 1. The molecule has 104 valence electrons. The van der Waals surface area contributed by atoms with E-state index in [1.807, 2.05) is 0 Å². The Morgan fingerprint density at radius 3 is 2.58 bits per heavy atom. The highest BCUT2D eigenvalue weighted by molar-refractivity contribution is 5.52. The van der Waals surface area contributed by atoms with Crippen molar-refractivity contribution in [1.82, 2.24) is 4.90 Å². The van der Waals surface area contributed by atoms with Crippen molar-refractivity contribution in [2.75, 3.05) is 18.8 Å². The van der Waals surface area contributed by atoms with Crippen molar-refractivity contribution >= 4 is 11.4 Å². The minimum atomic E-state index is -0.371. The highest BCUT2D eigenvalue weighted by Gasteiger charge is 2.22. The molecule has 5 nitrogen and oxygen atoms in total. The fourth-order valence-electron chi connectivity index (χ4n) is 3.00. The molecule has 1 fully saturated rings. The van der Waals surface area contributed by atoms with Gasteiger partial charge in [-0.2, -0.15) is 0 Å². The molecule has 5 heteroatoms. The SMILES string of the molecule is CC1CC(C)CN(Cc2cc([N+](=O)[O-])ccc2N)C1. The molecule has 2 rings (SSSR count). The van der Waals surface area contributed by atoms with E-state index in [2.05, 4.69) is 18.7 Å². The van der Waals surface area contributed by atoms with Gasteiger partial charge in [-0.1, -0.05) is 13.8 Å². The van der Waals surface area contributed by atoms with Gasteiger partial charge in [-0.15, -0.1) is 0 Å². The second kappa shape index (κ2) is 5.57. The van der Waals surface area contributed by atoms with Gasteiger partial charge in [0.1, 0.15) is 0 Å². The van der Waals surface area contributed by atoms with Gasteiger partial charge in [-0.3, -0.25) is 15.0 Å². The monoisotopic (exact) mass is 263 g/mol. The van der Waals surface area contributed by atoms with Gasteiger partial charge in [-0.25, -0.2) is 0 Å². The summed E-state index contributed by atoms with van der Waals surface area (Å²) in [4.78, 5) is 12.8. The molecule has 0 bridgehead atoms. The fraction of sp³-hybridized carbons (Fsp3) is 0.571. The Balaban J connectivity index is 2.13. The van der Waals surface area contributed by atoms with E-state index in [4.69, 9.17) is 5.73 Å². The Kier molecular flexibility index (Phi) is 4.04. The first-order chi connectivity index (χ1) is 8.95. The molecule has 0 spiro atoms. The van der Waals surface area contributed by atoms with Crippen LogP contribution in [-0.2, 0) is 6.54 Å². The van der Waals surface area contributed by atoms with Crippen LogP contribution in [0.5, 0.6) is 0 Å². The number of nitrogens with two attached hydrogens (primary N) is 1. The summed E-state index contributed by atoms with van der Waals surface area (Å²) in [5, 5.41) is 10.8. The number of nitrogen functional groups attached to an aromatic ring is 1. The Morgan fingerprint density at radius 1 is 1.37 bits per heavy atom. The fourth-order valence-corrected chi connectivity index (χ4v) is 3.00. The van der Waals surface area contributed by atoms with E-state index in [0.717, 1.165) is 18.7 Å². The number of benzene rings is 1. The zero-order valence-corrected chi connectivity index (χ0v) is 11.5. The van der Waals surface area contributed by atoms with Crippen LogP contribution >= 0.6 is 0 Å². The molecule has 0 amide bonds. The van der Waals surface area contributed by atoms with Crippen LogP contribution in [0.15, 0.2) is 18.2 Å². The van der Waals surface area contributed by atoms with E-state index in [-0.39, 0.29) is 10.6 Å². The van der Waals surface area contributed by atoms with Crippen molar-refractivity contribution < 1.29 is 4.92 Å². The summed E-state index contributed by atoms with van der Waals surface area (Å²) in [6.45, 7) is 7.26. The van der Waals surface area contributed by atoms with E-state index in [0.29, 0.717) is 24.1 Å². The lowest BCUT2D eigenvalue weighted by molar-refractivity contribution is -0.384. The molecule has 2 unspecified atom stereocenters. The van der Waals surface area contributed by atoms with Gasteiger partial charge in [0, 0.05) is 37.5 Å². The lowest BCUT2D eigenvalue weighted by Gasteiger charge is -2.35. The van der Waals surface area contributed by atoms with Gasteiger partial charge in [0.15, 0.2) is 0 Å². The first-order valence-electron chi connectivity index (χ1n) is 6.71. The normalized spacial score (nSPS) is 24.3. The summed E-state index contributed by atoms with van der Waals surface area (Å²) in [5.41, 5.74) is 7.53. The third kappa shape index (κ3) is 3.44. The molecule has 0 saturated carbocycles. The number of non-ortho nitro benzene ring substituents is 1. The molecule has 1 aromatic carbocycles. The minimum absolute atomic E-state index is 0.113. The second-order valence-electron chi connectivity index (χ2n) is 5.78. The predicted octanol–water partition coefficient (Wildman–Crippen LogP) is 2.65. The number of nitrogens with zero attached hydrogens (tertiary/aromatic N) is 2. The van der Waals surface area contributed by atoms with Gasteiger partial charge in [0.2, 0.25) is 0 Å². The molecule has 0 aromatic heterocycles. The van der Waals surface area contributed by atoms with Crippen LogP contribution in [0.2, 0.25) is 0 Å². The largest absolute Gasteiger partial charge is 0.398 e. The molecule has 2 N–H and O–H groups in total. The molecule has 1 aromatic rings. The zero-order chi connectivity index (χ0) is 14.0. The summed E-state index contributed by atoms with van der Waals surface area (Å²) in [5.74, 6) is 1.34. The van der Waals surface area contributed by atoms with Crippen molar-refractivity contribution in [3.63, 3.8) is 0 Å². The standard InChI is InChI=1S/C14H21N3O2/c1-10-5-11(2)8-16(7-10)9-12-6-13(17(18)19)3-4-14(12)15/h3-4,6,10-11H,5,7-9,15H2,1-2H3. The van der Waals surface area contributed by atoms with Gasteiger partial charge in [-0.05, 0) is 29.9 Å². The molecule has 2 atom stereocenters. The Morgan fingerprint density at radius 2 is 2.00 bits per heavy atom. The van der Waals surface area contributed by atoms with Crippen LogP contribution in [0.4, 0.5) is 11.4 Å². The maximum absolute atomic E-state index is 10.8. The molecular formula is C14H21N3O2. The van der Waals surface area contributed by atoms with Gasteiger partial charge in [0.25, 0.3) is 5.69 Å². The number of likely N-dealkylation sites (tertiary alicyclic amines) is 1. The molecule has 0 aliphatic carbocycles. The first-order valence-corrected chi connectivity index (χ1v) is 6.71. The van der Waals surface area contributed by atoms with E-state index >= 15 is 0 Å². The van der Waals surface area contributed by atoms with E-state index in [9.17, 15) is 10.1 Å². The summed E-state index contributed by atoms with van der Waals surface area (Å²) in [7, 11) is 0. The lowest BCUT2D eigenvalue weighted by atomic mass is 9.91. The maximum atomic E-state index is 10.8. The van der Waals surface area contributed by atoms with Gasteiger partial charge in [0.05, 0.1) is 4.92 Å². The number of hydrogen-bond donors (Lipinski definition) is 1. The number of nitro benzene ring substituents is 1. The van der Waals surface area contributed by atoms with Crippen LogP contribution in [0.1, 0.15) is 25.8 Å². The minimum Gasteiger partial charge on any atom is -0.398 e. The van der Waals surface area contributed by atoms with Crippen molar-refractivity contribution in [1.29, 1.82) is 0 Å². The topological polar surface area (TPSA) is 72.4 Å². The number of nitro groups is 1. The molecule has 1 saturated heterocycles. The third-order valence-electron chi connectivity index (χ3n) is 3.68. The van der Waals surface area contributed by atoms with Crippen molar-refractivity contribution in [3.05, 3.63) is 33.9 Å². The summed E-state index contributed by atoms with van der Waals surface area (Å²) in [6, 6.07) is 4.68. The van der Waals surface area contributed by atoms with Crippen LogP contribution in [0.3, 0.4) is 0 Å². The maximum Gasteiger partial charge on any atom is 0.269 e. The van der Waals surface area contributed by atoms with Crippen LogP contribution in [0, 0.1) is 22.0 Å². The van der Waals surface area contributed by atoms with E-state index in [1.54, 1.807) is 12.1 Å². The zero-order valence-electron chi connectivity index (χ0n) is 11.5. The predicted molar refractivity (Wildman–Crippen MR) is 75.7 cm³/mol. The highest BCUT2D eigenvalue weighted by atomic mass is 16.6. The first kappa shape index (κ1) is 13.8. The highest BCUT2D eigenvalue weighted by Crippen LogP contribution is 2.26. The smallest absolute Gasteiger partial charge is 0.269 e. The number of anilines is 1. The van der Waals surface area contributed by atoms with Crippen molar-refractivity contribution in [2.24, 2.45) is 11.8 Å². The summed E-state index contributed by atoms with van der Waals surface area (Å²) in [6.07, 6.45) is 1.25. The average molecular weight is 263 g/mol. The Bertz CT molecular complexity index is 466. The number of rotatable bonds is 3. The third-order valence-corrected chi connectivity index (χ3v) is 3.68. The van der Waals surface area contributed by atoms with E-state index in [1.165, 1.54) is 12.5 Å². The molecule has 1 heterocycles. The summed E-state index contributed by atoms with van der Waals surface area (Å²) < 4.78 is 0. The summed E-state index contributed by atoms with van der Waals surface area (Å²) >= 11 is 0. The molecule has 0 radical (unpaired) electrons. The van der Waals surface area contributed by atoms with Crippen LogP contribution < -0.4 is 5.73 Å². The molecule has 1 aliphatic heterocycles. The van der Waals surface area contributed by atoms with E-state index < -0.39 is 0 Å². The second-order valence-corrected chi connectivity index (χ2v) is 5.78. The van der Waals surface area contributed by atoms with Gasteiger partial charge < -0.3 is 5.73 Å². The molecule has 19 heavy (non-hydrogen) atoms. The quantitative estimate of drug-likeness (QED) is 0.517. The van der Waals surface area contributed by atoms with Crippen LogP contribution in [-0.4, -0.2) is 22.9 Å². The molecule has 1 aliphatic rings. The van der Waals surface area contributed by atoms with Gasteiger partial charge >= 0.3 is 0 Å². The lowest BCUT2D eigenvalue weighted by Crippen LogP contribution is -2.38. The van der Waals surface area contributed by atoms with Crippen LogP contribution in [0.25, 0.3) is 0 Å². The average Bonchev–Trinajstić information content (AvgIpc) is 2.30. The Hall–Kier alpha value is -1.62. The van der Waals surface area contributed by atoms with Crippen molar-refractivity contribution in [3.8, 4) is 0 Å². The number of hydrogen-bond acceptors (Lipinski definition) is 4. The Labute approximate surface area is 113 Å². The van der Waals surface area contributed by atoms with Crippen molar-refractivity contribution in [2.45, 2.75) is 26.8 Å². The molecular weight excluding hydrogens is 242 g/mol.